The first kappa shape index (κ1) is 8.04. The van der Waals surface area contributed by atoms with Gasteiger partial charge >= 0.3 is 0 Å². The van der Waals surface area contributed by atoms with E-state index >= 15 is 0 Å². The van der Waals surface area contributed by atoms with E-state index in [0.29, 0.717) is 6.04 Å². The van der Waals surface area contributed by atoms with Crippen molar-refractivity contribution in [3.63, 3.8) is 0 Å². The predicted molar refractivity (Wildman–Crippen MR) is 55.5 cm³/mol. The molecule has 0 radical (unpaired) electrons. The normalized spacial score (nSPS) is 18.4. The van der Waals surface area contributed by atoms with E-state index < -0.39 is 0 Å². The third-order valence-electron chi connectivity index (χ3n) is 2.11. The van der Waals surface area contributed by atoms with Gasteiger partial charge in [-0.05, 0) is 57.8 Å². The van der Waals surface area contributed by atoms with E-state index in [0.717, 1.165) is 4.60 Å². The standard InChI is InChI=1S/C7H8BrIN2/c8-7-6(9)4-10-11(7)5-2-1-3-5/h4-5H,1-3H2. The van der Waals surface area contributed by atoms with Crippen LogP contribution in [0.15, 0.2) is 10.8 Å². The van der Waals surface area contributed by atoms with E-state index in [4.69, 9.17) is 0 Å². The van der Waals surface area contributed by atoms with Crippen LogP contribution in [0.3, 0.4) is 0 Å². The Hall–Kier alpha value is 0.420. The van der Waals surface area contributed by atoms with Crippen LogP contribution in [0.25, 0.3) is 0 Å². The van der Waals surface area contributed by atoms with Crippen LogP contribution in [-0.2, 0) is 0 Å². The second-order valence-electron chi connectivity index (χ2n) is 2.81. The van der Waals surface area contributed by atoms with E-state index in [2.05, 4.69) is 48.3 Å². The van der Waals surface area contributed by atoms with E-state index in [-0.39, 0.29) is 0 Å². The lowest BCUT2D eigenvalue weighted by molar-refractivity contribution is 0.285. The Morgan fingerprint density at radius 1 is 1.64 bits per heavy atom. The zero-order valence-corrected chi connectivity index (χ0v) is 9.67. The van der Waals surface area contributed by atoms with Gasteiger partial charge in [0.25, 0.3) is 0 Å². The molecule has 1 fully saturated rings. The summed E-state index contributed by atoms with van der Waals surface area (Å²) in [5.74, 6) is 0. The van der Waals surface area contributed by atoms with E-state index in [9.17, 15) is 0 Å². The molecule has 60 valence electrons. The summed E-state index contributed by atoms with van der Waals surface area (Å²) in [7, 11) is 0. The Morgan fingerprint density at radius 3 is 2.73 bits per heavy atom. The highest BCUT2D eigenvalue weighted by atomic mass is 127. The smallest absolute Gasteiger partial charge is 0.117 e. The molecule has 0 aliphatic heterocycles. The highest BCUT2D eigenvalue weighted by molar-refractivity contribution is 14.1. The van der Waals surface area contributed by atoms with Crippen molar-refractivity contribution in [2.75, 3.05) is 0 Å². The fraction of sp³-hybridized carbons (Fsp3) is 0.571. The summed E-state index contributed by atoms with van der Waals surface area (Å²) in [4.78, 5) is 0. The Labute approximate surface area is 87.6 Å². The molecule has 1 aromatic rings. The third-order valence-corrected chi connectivity index (χ3v) is 4.44. The Morgan fingerprint density at radius 2 is 2.36 bits per heavy atom. The van der Waals surface area contributed by atoms with E-state index in [1.807, 2.05) is 6.20 Å². The van der Waals surface area contributed by atoms with E-state index in [1.54, 1.807) is 0 Å². The highest BCUT2D eigenvalue weighted by Crippen LogP contribution is 2.34. The minimum Gasteiger partial charge on any atom is -0.254 e. The molecule has 1 aromatic heterocycles. The van der Waals surface area contributed by atoms with Crippen molar-refractivity contribution in [3.8, 4) is 0 Å². The Balaban J connectivity index is 2.29. The van der Waals surface area contributed by atoms with Gasteiger partial charge in [-0.25, -0.2) is 0 Å². The fourth-order valence-corrected chi connectivity index (χ4v) is 2.07. The van der Waals surface area contributed by atoms with Gasteiger partial charge < -0.3 is 0 Å². The summed E-state index contributed by atoms with van der Waals surface area (Å²) in [6.07, 6.45) is 5.84. The summed E-state index contributed by atoms with van der Waals surface area (Å²) in [6.45, 7) is 0. The molecule has 0 unspecified atom stereocenters. The molecule has 0 saturated heterocycles. The van der Waals surface area contributed by atoms with Gasteiger partial charge in [-0.1, -0.05) is 0 Å². The van der Waals surface area contributed by atoms with Crippen molar-refractivity contribution in [2.45, 2.75) is 25.3 Å². The van der Waals surface area contributed by atoms with Crippen molar-refractivity contribution in [2.24, 2.45) is 0 Å². The van der Waals surface area contributed by atoms with Crippen LogP contribution < -0.4 is 0 Å². The molecule has 0 amide bonds. The van der Waals surface area contributed by atoms with Gasteiger partial charge in [0.1, 0.15) is 4.60 Å². The van der Waals surface area contributed by atoms with Crippen LogP contribution in [0.1, 0.15) is 25.3 Å². The van der Waals surface area contributed by atoms with Crippen LogP contribution in [0.2, 0.25) is 0 Å². The van der Waals surface area contributed by atoms with E-state index in [1.165, 1.54) is 22.8 Å². The first-order valence-electron chi connectivity index (χ1n) is 3.67. The third kappa shape index (κ3) is 1.35. The van der Waals surface area contributed by atoms with Gasteiger partial charge in [0.05, 0.1) is 15.8 Å². The summed E-state index contributed by atoms with van der Waals surface area (Å²) in [5.41, 5.74) is 0. The number of hydrogen-bond donors (Lipinski definition) is 0. The largest absolute Gasteiger partial charge is 0.254 e. The average molecular weight is 327 g/mol. The first-order chi connectivity index (χ1) is 5.29. The molecule has 0 spiro atoms. The monoisotopic (exact) mass is 326 g/mol. The van der Waals surface area contributed by atoms with Crippen LogP contribution in [0.4, 0.5) is 0 Å². The molecule has 0 bridgehead atoms. The predicted octanol–water partition coefficient (Wildman–Crippen LogP) is 2.98. The number of nitrogens with zero attached hydrogens (tertiary/aromatic N) is 2. The van der Waals surface area contributed by atoms with Gasteiger partial charge in [0.2, 0.25) is 0 Å². The number of rotatable bonds is 1. The quantitative estimate of drug-likeness (QED) is 0.725. The summed E-state index contributed by atoms with van der Waals surface area (Å²) >= 11 is 5.81. The van der Waals surface area contributed by atoms with Gasteiger partial charge in [0, 0.05) is 0 Å². The molecule has 0 atom stereocenters. The van der Waals surface area contributed by atoms with Crippen molar-refractivity contribution in [3.05, 3.63) is 14.4 Å². The minimum absolute atomic E-state index is 0.660. The first-order valence-corrected chi connectivity index (χ1v) is 5.54. The maximum Gasteiger partial charge on any atom is 0.117 e. The van der Waals surface area contributed by atoms with Gasteiger partial charge in [-0.3, -0.25) is 4.68 Å². The lowest BCUT2D eigenvalue weighted by Crippen LogP contribution is -2.18. The maximum atomic E-state index is 4.30. The summed E-state index contributed by atoms with van der Waals surface area (Å²) in [5, 5.41) is 4.30. The molecule has 0 aromatic carbocycles. The average Bonchev–Trinajstić information content (AvgIpc) is 2.15. The lowest BCUT2D eigenvalue weighted by Gasteiger charge is -2.26. The van der Waals surface area contributed by atoms with Crippen molar-refractivity contribution in [1.82, 2.24) is 9.78 Å². The van der Waals surface area contributed by atoms with Crippen LogP contribution >= 0.6 is 38.5 Å². The number of aromatic nitrogens is 2. The fourth-order valence-electron chi connectivity index (χ4n) is 1.21. The Bertz CT molecular complexity index is 267. The molecule has 1 aliphatic rings. The van der Waals surface area contributed by atoms with Gasteiger partial charge in [0.15, 0.2) is 0 Å². The van der Waals surface area contributed by atoms with Crippen molar-refractivity contribution >= 4 is 38.5 Å². The molecule has 4 heteroatoms. The van der Waals surface area contributed by atoms with Crippen molar-refractivity contribution < 1.29 is 0 Å². The lowest BCUT2D eigenvalue weighted by atomic mass is 9.93. The molecular formula is C7H8BrIN2. The Kier molecular flexibility index (Phi) is 2.23. The van der Waals surface area contributed by atoms with Crippen LogP contribution in [0, 0.1) is 3.57 Å². The zero-order valence-electron chi connectivity index (χ0n) is 5.93. The zero-order chi connectivity index (χ0) is 7.84. The highest BCUT2D eigenvalue weighted by Gasteiger charge is 2.22. The topological polar surface area (TPSA) is 17.8 Å². The van der Waals surface area contributed by atoms with Crippen LogP contribution in [0.5, 0.6) is 0 Å². The molecule has 1 heterocycles. The van der Waals surface area contributed by atoms with Crippen LogP contribution in [-0.4, -0.2) is 9.78 Å². The molecule has 1 saturated carbocycles. The summed E-state index contributed by atoms with van der Waals surface area (Å²) in [6, 6.07) is 0.660. The molecule has 0 N–H and O–H groups in total. The molecular weight excluding hydrogens is 319 g/mol. The van der Waals surface area contributed by atoms with Gasteiger partial charge in [-0.15, -0.1) is 0 Å². The maximum absolute atomic E-state index is 4.30. The molecule has 11 heavy (non-hydrogen) atoms. The van der Waals surface area contributed by atoms with Gasteiger partial charge in [-0.2, -0.15) is 5.10 Å². The number of hydrogen-bond acceptors (Lipinski definition) is 1. The molecule has 1 aliphatic carbocycles. The molecule has 2 nitrogen and oxygen atoms in total. The van der Waals surface area contributed by atoms with Crippen molar-refractivity contribution in [1.29, 1.82) is 0 Å². The molecule has 2 rings (SSSR count). The summed E-state index contributed by atoms with van der Waals surface area (Å²) < 4.78 is 4.43. The second-order valence-corrected chi connectivity index (χ2v) is 4.73. The second kappa shape index (κ2) is 3.05. The number of halogens is 2. The SMILES string of the molecule is Brc1c(I)cnn1C1CCC1. The minimum atomic E-state index is 0.660.